The number of benzene rings is 1. The van der Waals surface area contributed by atoms with E-state index in [-0.39, 0.29) is 37.8 Å². The molecule has 0 radical (unpaired) electrons. The van der Waals surface area contributed by atoms with Crippen molar-refractivity contribution in [2.45, 2.75) is 19.1 Å². The van der Waals surface area contributed by atoms with E-state index in [9.17, 15) is 27.2 Å². The topological polar surface area (TPSA) is 87.9 Å². The lowest BCUT2D eigenvalue weighted by molar-refractivity contribution is -0.153. The van der Waals surface area contributed by atoms with E-state index in [1.807, 2.05) is 0 Å². The normalized spacial score (nSPS) is 16.4. The first kappa shape index (κ1) is 22.1. The van der Waals surface area contributed by atoms with Crippen molar-refractivity contribution in [1.29, 1.82) is 0 Å². The Morgan fingerprint density at radius 2 is 2.14 bits per heavy atom. The molecule has 0 spiro atoms. The van der Waals surface area contributed by atoms with Crippen molar-refractivity contribution in [3.8, 4) is 0 Å². The van der Waals surface area contributed by atoms with Crippen molar-refractivity contribution in [2.24, 2.45) is 5.73 Å². The summed E-state index contributed by atoms with van der Waals surface area (Å²) in [5.74, 6) is -1.99. The molecule has 1 atom stereocenters. The Labute approximate surface area is 159 Å². The molecule has 1 fully saturated rings. The van der Waals surface area contributed by atoms with Gasteiger partial charge < -0.3 is 20.7 Å². The van der Waals surface area contributed by atoms with Crippen LogP contribution in [-0.4, -0.2) is 68.3 Å². The van der Waals surface area contributed by atoms with Crippen LogP contribution in [0.25, 0.3) is 0 Å². The smallest absolute Gasteiger partial charge is 0.370 e. The number of hydrogen-bond acceptors (Lipinski definition) is 5. The van der Waals surface area contributed by atoms with E-state index in [2.05, 4.69) is 5.32 Å². The third kappa shape index (κ3) is 5.63. The predicted molar refractivity (Wildman–Crippen MR) is 94.3 cm³/mol. The molecule has 0 aromatic heterocycles. The molecule has 28 heavy (non-hydrogen) atoms. The summed E-state index contributed by atoms with van der Waals surface area (Å²) >= 11 is 0. The van der Waals surface area contributed by atoms with Crippen LogP contribution in [0.5, 0.6) is 0 Å². The van der Waals surface area contributed by atoms with Gasteiger partial charge in [-0.25, -0.2) is 4.39 Å². The summed E-state index contributed by atoms with van der Waals surface area (Å²) in [4.78, 5) is 26.4. The maximum absolute atomic E-state index is 14.4. The number of carbonyl (C=O) groups is 2. The summed E-state index contributed by atoms with van der Waals surface area (Å²) in [5.41, 5.74) is 5.56. The number of amides is 2. The van der Waals surface area contributed by atoms with E-state index in [1.54, 1.807) is 0 Å². The van der Waals surface area contributed by atoms with Crippen LogP contribution < -0.4 is 16.0 Å². The molecule has 2 rings (SSSR count). The molecule has 1 aromatic carbocycles. The molecule has 11 heteroatoms. The quantitative estimate of drug-likeness (QED) is 0.668. The lowest BCUT2D eigenvalue weighted by Gasteiger charge is -2.29. The molecule has 7 nitrogen and oxygen atoms in total. The molecular weight excluding hydrogens is 384 g/mol. The number of alkyl halides is 3. The van der Waals surface area contributed by atoms with Crippen LogP contribution in [0.15, 0.2) is 18.2 Å². The molecule has 156 valence electrons. The number of morpholine rings is 1. The van der Waals surface area contributed by atoms with E-state index in [1.165, 1.54) is 24.0 Å². The fourth-order valence-corrected chi connectivity index (χ4v) is 2.87. The maximum atomic E-state index is 14.4. The van der Waals surface area contributed by atoms with Gasteiger partial charge in [0.1, 0.15) is 18.5 Å². The van der Waals surface area contributed by atoms with Crippen LogP contribution in [0.2, 0.25) is 0 Å². The van der Waals surface area contributed by atoms with E-state index in [0.717, 1.165) is 11.0 Å². The highest BCUT2D eigenvalue weighted by atomic mass is 19.4. The molecule has 3 N–H and O–H groups in total. The van der Waals surface area contributed by atoms with Crippen molar-refractivity contribution in [1.82, 2.24) is 4.90 Å². The highest BCUT2D eigenvalue weighted by Gasteiger charge is 2.35. The second-order valence-electron chi connectivity index (χ2n) is 6.18. The van der Waals surface area contributed by atoms with Crippen LogP contribution in [0, 0.1) is 5.82 Å². The van der Waals surface area contributed by atoms with Gasteiger partial charge in [-0.3, -0.25) is 14.5 Å². The molecule has 1 aromatic rings. The minimum Gasteiger partial charge on any atom is -0.370 e. The van der Waals surface area contributed by atoms with Gasteiger partial charge in [-0.05, 0) is 24.7 Å². The summed E-state index contributed by atoms with van der Waals surface area (Å²) in [7, 11) is 0. The van der Waals surface area contributed by atoms with E-state index >= 15 is 0 Å². The van der Waals surface area contributed by atoms with E-state index < -0.39 is 30.5 Å². The van der Waals surface area contributed by atoms with Crippen LogP contribution in [0.3, 0.4) is 0 Å². The van der Waals surface area contributed by atoms with Gasteiger partial charge in [0.15, 0.2) is 0 Å². The number of nitrogens with one attached hydrogen (secondary N) is 1. The Bertz CT molecular complexity index is 714. The van der Waals surface area contributed by atoms with Crippen LogP contribution >= 0.6 is 0 Å². The van der Waals surface area contributed by atoms with Crippen molar-refractivity contribution in [3.63, 3.8) is 0 Å². The van der Waals surface area contributed by atoms with Crippen molar-refractivity contribution < 1.29 is 31.9 Å². The Hall–Kier alpha value is -2.24. The molecule has 0 saturated carbocycles. The van der Waals surface area contributed by atoms with Gasteiger partial charge in [0.05, 0.1) is 18.8 Å². The average molecular weight is 406 g/mol. The summed E-state index contributed by atoms with van der Waals surface area (Å²) in [6.45, 7) is 0.214. The van der Waals surface area contributed by atoms with Gasteiger partial charge in [0.2, 0.25) is 5.91 Å². The Morgan fingerprint density at radius 3 is 2.68 bits per heavy atom. The molecule has 2 amide bonds. The van der Waals surface area contributed by atoms with Crippen molar-refractivity contribution in [2.75, 3.05) is 49.6 Å². The molecule has 0 bridgehead atoms. The van der Waals surface area contributed by atoms with Crippen molar-refractivity contribution in [3.05, 3.63) is 24.0 Å². The third-order valence-electron chi connectivity index (χ3n) is 4.26. The molecule has 1 saturated heterocycles. The molecule has 1 heterocycles. The van der Waals surface area contributed by atoms with Crippen molar-refractivity contribution >= 4 is 23.2 Å². The number of ether oxygens (including phenoxy) is 1. The number of carbonyl (C=O) groups excluding carboxylic acids is 2. The molecule has 1 aliphatic heterocycles. The summed E-state index contributed by atoms with van der Waals surface area (Å²) < 4.78 is 57.5. The van der Waals surface area contributed by atoms with Gasteiger partial charge >= 0.3 is 6.18 Å². The zero-order valence-corrected chi connectivity index (χ0v) is 15.3. The Kier molecular flexibility index (Phi) is 7.33. The first-order chi connectivity index (χ1) is 13.2. The van der Waals surface area contributed by atoms with E-state index in [4.69, 9.17) is 10.5 Å². The number of nitrogens with two attached hydrogens (primary N) is 1. The number of nitrogens with zero attached hydrogens (tertiary/aromatic N) is 2. The lowest BCUT2D eigenvalue weighted by Crippen LogP contribution is -2.51. The zero-order chi connectivity index (χ0) is 20.9. The second kappa shape index (κ2) is 9.30. The maximum Gasteiger partial charge on any atom is 0.401 e. The van der Waals surface area contributed by atoms with Gasteiger partial charge in [-0.15, -0.1) is 0 Å². The molecular formula is C17H22F4N4O3. The van der Waals surface area contributed by atoms with Crippen LogP contribution in [0.4, 0.5) is 28.9 Å². The fourth-order valence-electron chi connectivity index (χ4n) is 2.87. The molecule has 1 aliphatic rings. The monoisotopic (exact) mass is 406 g/mol. The average Bonchev–Trinajstić information content (AvgIpc) is 2.62. The predicted octanol–water partition coefficient (Wildman–Crippen LogP) is 1.34. The standard InChI is InChI=1S/C17H22F4N4O3/c1-2-24(10-17(19,20)21)14(8-22)16(27)23-13-4-3-11(7-12(13)18)25-5-6-28-9-15(25)26/h3-4,7,14H,2,5-6,8-10,22H2,1H3,(H,23,27)/t14-/m1/s1. The highest BCUT2D eigenvalue weighted by Crippen LogP contribution is 2.24. The van der Waals surface area contributed by atoms with Gasteiger partial charge in [-0.2, -0.15) is 13.2 Å². The summed E-state index contributed by atoms with van der Waals surface area (Å²) in [6, 6.07) is 2.49. The summed E-state index contributed by atoms with van der Waals surface area (Å²) in [6.07, 6.45) is -4.50. The molecule has 0 aliphatic carbocycles. The Morgan fingerprint density at radius 1 is 1.43 bits per heavy atom. The minimum atomic E-state index is -4.50. The zero-order valence-electron chi connectivity index (χ0n) is 15.3. The van der Waals surface area contributed by atoms with E-state index in [0.29, 0.717) is 12.3 Å². The minimum absolute atomic E-state index is 0.0602. The van der Waals surface area contributed by atoms with Gasteiger partial charge in [-0.1, -0.05) is 6.92 Å². The first-order valence-electron chi connectivity index (χ1n) is 8.65. The second-order valence-corrected chi connectivity index (χ2v) is 6.18. The largest absolute Gasteiger partial charge is 0.401 e. The number of likely N-dealkylation sites (N-methyl/N-ethyl adjacent to an activating group) is 1. The van der Waals surface area contributed by atoms with Crippen LogP contribution in [-0.2, 0) is 14.3 Å². The number of hydrogen-bond donors (Lipinski definition) is 2. The lowest BCUT2D eigenvalue weighted by atomic mass is 10.2. The third-order valence-corrected chi connectivity index (χ3v) is 4.26. The highest BCUT2D eigenvalue weighted by molar-refractivity contribution is 5.97. The van der Waals surface area contributed by atoms with Gasteiger partial charge in [0, 0.05) is 18.8 Å². The fraction of sp³-hybridized carbons (Fsp3) is 0.529. The Balaban J connectivity index is 2.12. The number of rotatable bonds is 7. The SMILES string of the molecule is CCN(CC(F)(F)F)[C@H](CN)C(=O)Nc1ccc(N2CCOCC2=O)cc1F. The number of halogens is 4. The number of anilines is 2. The van der Waals surface area contributed by atoms with Gasteiger partial charge in [0.25, 0.3) is 5.91 Å². The summed E-state index contributed by atoms with van der Waals surface area (Å²) in [5, 5.41) is 2.27. The molecule has 0 unspecified atom stereocenters. The van der Waals surface area contributed by atoms with Crippen LogP contribution in [0.1, 0.15) is 6.92 Å². The first-order valence-corrected chi connectivity index (χ1v) is 8.65.